The Morgan fingerprint density at radius 1 is 0.314 bits per heavy atom. The molecule has 2 aromatic carbocycles. The van der Waals surface area contributed by atoms with Gasteiger partial charge in [0.2, 0.25) is 0 Å². The highest BCUT2D eigenvalue weighted by Gasteiger charge is 2.07. The molecule has 86 heavy (non-hydrogen) atoms. The van der Waals surface area contributed by atoms with Crippen molar-refractivity contribution in [1.82, 2.24) is 0 Å². The summed E-state index contributed by atoms with van der Waals surface area (Å²) in [6.07, 6.45) is 63.1. The third-order valence-electron chi connectivity index (χ3n) is 16.4. The Kier molecular flexibility index (Phi) is 61.2. The second-order valence-corrected chi connectivity index (χ2v) is 27.3. The molecule has 0 saturated heterocycles. The molecule has 0 aliphatic rings. The van der Waals surface area contributed by atoms with Gasteiger partial charge >= 0.3 is 11.9 Å². The van der Waals surface area contributed by atoms with Crippen molar-refractivity contribution in [3.63, 3.8) is 0 Å². The molecule has 0 heterocycles. The van der Waals surface area contributed by atoms with Gasteiger partial charge in [0.15, 0.2) is 0 Å². The summed E-state index contributed by atoms with van der Waals surface area (Å²) >= 11 is 3.60. The molecule has 0 aromatic heterocycles. The molecule has 0 fully saturated rings. The number of amidine groups is 2. The molecule has 0 bridgehead atoms. The van der Waals surface area contributed by atoms with E-state index in [0.717, 1.165) is 85.8 Å². The van der Waals surface area contributed by atoms with Gasteiger partial charge in [-0.3, -0.25) is 9.59 Å². The van der Waals surface area contributed by atoms with Crippen LogP contribution in [0.2, 0.25) is 0 Å². The fraction of sp³-hybridized carbons (Fsp3) is 0.789. The number of nitrogens with zero attached hydrogens (tertiary/aromatic N) is 2. The number of ether oxygens (including phenoxy) is 2. The summed E-state index contributed by atoms with van der Waals surface area (Å²) in [7, 11) is 0. The fourth-order valence-electron chi connectivity index (χ4n) is 10.8. The Bertz CT molecular complexity index is 1820. The van der Waals surface area contributed by atoms with Crippen molar-refractivity contribution in [2.45, 2.75) is 349 Å². The predicted molar refractivity (Wildman–Crippen MR) is 384 cm³/mol. The molecular formula is C76H136N4O4S2. The van der Waals surface area contributed by atoms with Gasteiger partial charge in [-0.25, -0.2) is 9.98 Å². The highest BCUT2D eigenvalue weighted by atomic mass is 32.2. The molecule has 0 saturated carbocycles. The summed E-state index contributed by atoms with van der Waals surface area (Å²) in [4.78, 5) is 33.2. The number of nitrogens with two attached hydrogens (primary N) is 2. The number of carbonyl (C=O) groups is 2. The molecule has 496 valence electrons. The Morgan fingerprint density at radius 3 is 0.826 bits per heavy atom. The molecule has 0 atom stereocenters. The van der Waals surface area contributed by atoms with Crippen molar-refractivity contribution in [3.8, 4) is 0 Å². The number of thioether (sulfide) groups is 2. The van der Waals surface area contributed by atoms with Gasteiger partial charge in [0.1, 0.15) is 0 Å². The molecule has 0 amide bonds. The highest BCUT2D eigenvalue weighted by molar-refractivity contribution is 7.99. The third-order valence-corrected chi connectivity index (χ3v) is 18.6. The molecule has 8 nitrogen and oxygen atoms in total. The van der Waals surface area contributed by atoms with Crippen LogP contribution in [-0.4, -0.2) is 59.8 Å². The zero-order valence-electron chi connectivity index (χ0n) is 56.7. The molecular weight excluding hydrogens is 1100 g/mol. The average Bonchev–Trinajstić information content (AvgIpc) is 3.71. The quantitative estimate of drug-likeness (QED) is 0.0290. The molecule has 2 rings (SSSR count). The summed E-state index contributed by atoms with van der Waals surface area (Å²) in [6, 6.07) is 17.1. The van der Waals surface area contributed by atoms with Gasteiger partial charge in [0, 0.05) is 24.3 Å². The minimum Gasteiger partial charge on any atom is -0.466 e. The van der Waals surface area contributed by atoms with E-state index in [1.165, 1.54) is 268 Å². The first-order valence-electron chi connectivity index (χ1n) is 36.6. The number of esters is 2. The van der Waals surface area contributed by atoms with Crippen LogP contribution in [0.5, 0.6) is 0 Å². The smallest absolute Gasteiger partial charge is 0.306 e. The summed E-state index contributed by atoms with van der Waals surface area (Å²) in [5, 5.41) is 0. The number of aliphatic imine (C=N–C) groups is 2. The zero-order chi connectivity index (χ0) is 62.1. The summed E-state index contributed by atoms with van der Waals surface area (Å²) in [5.41, 5.74) is 17.0. The van der Waals surface area contributed by atoms with Gasteiger partial charge < -0.3 is 20.9 Å². The third kappa shape index (κ3) is 57.5. The van der Waals surface area contributed by atoms with E-state index in [1.54, 1.807) is 23.5 Å². The van der Waals surface area contributed by atoms with Crippen LogP contribution in [0.4, 0.5) is 11.4 Å². The van der Waals surface area contributed by atoms with Crippen LogP contribution in [0.3, 0.4) is 0 Å². The van der Waals surface area contributed by atoms with E-state index >= 15 is 0 Å². The Morgan fingerprint density at radius 2 is 0.558 bits per heavy atom. The monoisotopic (exact) mass is 1230 g/mol. The minimum absolute atomic E-state index is 0.0564. The number of unbranched alkanes of at least 4 members (excludes halogenated alkanes) is 38. The lowest BCUT2D eigenvalue weighted by Crippen LogP contribution is -2.11. The van der Waals surface area contributed by atoms with E-state index < -0.39 is 0 Å². The van der Waals surface area contributed by atoms with E-state index in [2.05, 4.69) is 86.2 Å². The average molecular weight is 1230 g/mol. The largest absolute Gasteiger partial charge is 0.466 e. The van der Waals surface area contributed by atoms with Gasteiger partial charge in [-0.1, -0.05) is 296 Å². The molecule has 2 aromatic rings. The van der Waals surface area contributed by atoms with Crippen LogP contribution >= 0.6 is 23.5 Å². The number of rotatable bonds is 62. The molecule has 10 heteroatoms. The van der Waals surface area contributed by atoms with Gasteiger partial charge in [0.25, 0.3) is 0 Å². The van der Waals surface area contributed by atoms with E-state index in [4.69, 9.17) is 20.9 Å². The number of hydrogen-bond donors (Lipinski definition) is 2. The lowest BCUT2D eigenvalue weighted by atomic mass is 10.0. The van der Waals surface area contributed by atoms with Crippen LogP contribution in [-0.2, 0) is 31.9 Å². The standard InChI is InChI=1S/C39H70N2O2S.C37H66N2O2S/c1-3-5-7-9-11-13-14-15-16-17-18-20-22-24-33-43-39(42)32-35-44-34-25-27-38(40)41-37-30-28-36(29-31-37)26-23-21-19-12-10-8-6-4-2;1-3-5-7-9-11-13-14-15-16-18-20-22-31-41-37(40)30-33-42-32-23-25-36(38)39-35-28-26-34(27-29-35)24-21-19-17-12-10-8-6-4-2/h28-31H,3-27,32-35H2,1-2H3,(H2,40,41);26-29H,3-25,30-33H2,1-2H3,(H2,38,39). The molecule has 0 aliphatic carbocycles. The summed E-state index contributed by atoms with van der Waals surface area (Å²) in [5.74, 6) is 4.86. The number of benzene rings is 2. The number of carbonyl (C=O) groups excluding carboxylic acids is 2. The van der Waals surface area contributed by atoms with Gasteiger partial charge in [0.05, 0.1) is 49.1 Å². The fourth-order valence-corrected chi connectivity index (χ4v) is 12.6. The van der Waals surface area contributed by atoms with Crippen molar-refractivity contribution >= 4 is 58.5 Å². The van der Waals surface area contributed by atoms with Crippen LogP contribution in [0.25, 0.3) is 0 Å². The Hall–Kier alpha value is -2.98. The van der Waals surface area contributed by atoms with E-state index in [-0.39, 0.29) is 11.9 Å². The van der Waals surface area contributed by atoms with Crippen molar-refractivity contribution in [2.75, 3.05) is 36.2 Å². The first kappa shape index (κ1) is 81.0. The predicted octanol–water partition coefficient (Wildman–Crippen LogP) is 23.8. The van der Waals surface area contributed by atoms with Crippen molar-refractivity contribution in [3.05, 3.63) is 59.7 Å². The van der Waals surface area contributed by atoms with Crippen LogP contribution in [0, 0.1) is 0 Å². The second-order valence-electron chi connectivity index (χ2n) is 24.8. The van der Waals surface area contributed by atoms with E-state index in [9.17, 15) is 9.59 Å². The van der Waals surface area contributed by atoms with Gasteiger partial charge in [-0.2, -0.15) is 23.5 Å². The molecule has 0 radical (unpaired) electrons. The maximum absolute atomic E-state index is 12.0. The molecule has 0 unspecified atom stereocenters. The Balaban J connectivity index is 0.000000861. The number of hydrogen-bond acceptors (Lipinski definition) is 8. The molecule has 0 spiro atoms. The van der Waals surface area contributed by atoms with Crippen molar-refractivity contribution < 1.29 is 19.1 Å². The first-order chi connectivity index (χ1) is 42.3. The maximum atomic E-state index is 12.0. The Labute approximate surface area is 540 Å². The van der Waals surface area contributed by atoms with Crippen molar-refractivity contribution in [1.29, 1.82) is 0 Å². The molecule has 4 N–H and O–H groups in total. The van der Waals surface area contributed by atoms with E-state index in [1.807, 2.05) is 0 Å². The zero-order valence-corrected chi connectivity index (χ0v) is 58.3. The molecule has 0 aliphatic heterocycles. The van der Waals surface area contributed by atoms with E-state index in [0.29, 0.717) is 37.7 Å². The first-order valence-corrected chi connectivity index (χ1v) is 38.9. The second kappa shape index (κ2) is 65.0. The summed E-state index contributed by atoms with van der Waals surface area (Å²) in [6.45, 7) is 10.3. The lowest BCUT2D eigenvalue weighted by Gasteiger charge is -2.06. The van der Waals surface area contributed by atoms with Crippen molar-refractivity contribution in [2.24, 2.45) is 21.5 Å². The van der Waals surface area contributed by atoms with Crippen LogP contribution in [0.1, 0.15) is 347 Å². The topological polar surface area (TPSA) is 129 Å². The lowest BCUT2D eigenvalue weighted by molar-refractivity contribution is -0.144. The summed E-state index contributed by atoms with van der Waals surface area (Å²) < 4.78 is 10.8. The highest BCUT2D eigenvalue weighted by Crippen LogP contribution is 2.21. The van der Waals surface area contributed by atoms with Crippen LogP contribution in [0.15, 0.2) is 58.5 Å². The normalized spacial score (nSPS) is 11.7. The number of aryl methyl sites for hydroxylation is 2. The minimum atomic E-state index is -0.0579. The van der Waals surface area contributed by atoms with Gasteiger partial charge in [-0.05, 0) is 98.3 Å². The SMILES string of the molecule is CCCCCCCCCCCCCCCCOC(=O)CCSCCCC(N)=Nc1ccc(CCCCCCCCCC)cc1.CCCCCCCCCCCCCCOC(=O)CCSCCCC(N)=Nc1ccc(CCCCCCCCCC)cc1. The maximum Gasteiger partial charge on any atom is 0.306 e. The van der Waals surface area contributed by atoms with Crippen LogP contribution < -0.4 is 11.5 Å². The van der Waals surface area contributed by atoms with Gasteiger partial charge in [-0.15, -0.1) is 0 Å².